The van der Waals surface area contributed by atoms with Crippen LogP contribution >= 0.6 is 0 Å². The topological polar surface area (TPSA) is 84.5 Å². The van der Waals surface area contributed by atoms with Crippen molar-refractivity contribution in [2.45, 2.75) is 38.5 Å². The Kier molecular flexibility index (Phi) is 6.98. The predicted octanol–water partition coefficient (Wildman–Crippen LogP) is 3.18. The largest absolute Gasteiger partial charge is 0.495 e. The van der Waals surface area contributed by atoms with Gasteiger partial charge in [0.15, 0.2) is 0 Å². The summed E-state index contributed by atoms with van der Waals surface area (Å²) in [6.07, 6.45) is 1.49. The molecule has 2 rings (SSSR count). The van der Waals surface area contributed by atoms with E-state index in [0.717, 1.165) is 6.42 Å². The number of benzene rings is 2. The number of rotatable bonds is 8. The molecular weight excluding hydrogens is 364 g/mol. The molecule has 0 bridgehead atoms. The zero-order valence-electron chi connectivity index (χ0n) is 16.1. The number of ether oxygens (including phenoxy) is 1. The lowest BCUT2D eigenvalue weighted by Gasteiger charge is -2.12. The lowest BCUT2D eigenvalue weighted by molar-refractivity contribution is -0.114. The van der Waals surface area contributed by atoms with Crippen molar-refractivity contribution >= 4 is 21.6 Å². The molecule has 0 atom stereocenters. The Balaban J connectivity index is 2.02. The third-order valence-corrected chi connectivity index (χ3v) is 5.66. The standard InChI is InChI=1S/C20H26N2O4S/c1-14-7-8-17(15(2)12-14)6-5-11-21-27(24,25)18-9-10-20(26-4)19(13-18)22-16(3)23/h7-10,12-13,21H,5-6,11H2,1-4H3,(H,22,23). The van der Waals surface area contributed by atoms with Crippen molar-refractivity contribution in [3.63, 3.8) is 0 Å². The van der Waals surface area contributed by atoms with E-state index in [0.29, 0.717) is 24.4 Å². The zero-order chi connectivity index (χ0) is 20.0. The van der Waals surface area contributed by atoms with Crippen LogP contribution in [0.4, 0.5) is 5.69 Å². The van der Waals surface area contributed by atoms with Crippen LogP contribution in [0.5, 0.6) is 5.75 Å². The number of anilines is 1. The number of amides is 1. The monoisotopic (exact) mass is 390 g/mol. The fourth-order valence-corrected chi connectivity index (χ4v) is 3.94. The molecule has 6 nitrogen and oxygen atoms in total. The van der Waals surface area contributed by atoms with E-state index < -0.39 is 10.0 Å². The van der Waals surface area contributed by atoms with Gasteiger partial charge < -0.3 is 10.1 Å². The second kappa shape index (κ2) is 9.01. The van der Waals surface area contributed by atoms with E-state index in [9.17, 15) is 13.2 Å². The molecule has 27 heavy (non-hydrogen) atoms. The number of sulfonamides is 1. The van der Waals surface area contributed by atoms with Gasteiger partial charge in [-0.15, -0.1) is 0 Å². The Labute approximate surface area is 161 Å². The third kappa shape index (κ3) is 5.80. The Morgan fingerprint density at radius 2 is 1.85 bits per heavy atom. The highest BCUT2D eigenvalue weighted by Gasteiger charge is 2.16. The smallest absolute Gasteiger partial charge is 0.240 e. The second-order valence-electron chi connectivity index (χ2n) is 6.47. The molecule has 0 aromatic heterocycles. The van der Waals surface area contributed by atoms with Gasteiger partial charge in [0.25, 0.3) is 0 Å². The Morgan fingerprint density at radius 1 is 1.11 bits per heavy atom. The minimum atomic E-state index is -3.67. The number of nitrogens with one attached hydrogen (secondary N) is 2. The molecule has 0 heterocycles. The van der Waals surface area contributed by atoms with Gasteiger partial charge in [-0.3, -0.25) is 4.79 Å². The first kappa shape index (κ1) is 20.9. The molecule has 0 unspecified atom stereocenters. The maximum atomic E-state index is 12.5. The summed E-state index contributed by atoms with van der Waals surface area (Å²) in [5.41, 5.74) is 3.97. The van der Waals surface area contributed by atoms with Crippen molar-refractivity contribution in [1.29, 1.82) is 0 Å². The van der Waals surface area contributed by atoms with E-state index in [1.54, 1.807) is 0 Å². The van der Waals surface area contributed by atoms with E-state index in [1.807, 2.05) is 0 Å². The lowest BCUT2D eigenvalue weighted by Crippen LogP contribution is -2.25. The van der Waals surface area contributed by atoms with Gasteiger partial charge in [-0.2, -0.15) is 0 Å². The molecule has 0 saturated heterocycles. The van der Waals surface area contributed by atoms with Gasteiger partial charge in [0.1, 0.15) is 5.75 Å². The van der Waals surface area contributed by atoms with E-state index >= 15 is 0 Å². The Bertz CT molecular complexity index is 924. The molecule has 7 heteroatoms. The van der Waals surface area contributed by atoms with Crippen LogP contribution in [0.1, 0.15) is 30.0 Å². The van der Waals surface area contributed by atoms with Crippen molar-refractivity contribution in [3.05, 3.63) is 53.1 Å². The van der Waals surface area contributed by atoms with Crippen molar-refractivity contribution in [2.24, 2.45) is 0 Å². The molecule has 0 fully saturated rings. The fourth-order valence-electron chi connectivity index (χ4n) is 2.84. The lowest BCUT2D eigenvalue weighted by atomic mass is 10.0. The van der Waals surface area contributed by atoms with E-state index in [1.165, 1.54) is 48.9 Å². The molecular formula is C20H26N2O4S. The SMILES string of the molecule is COc1ccc(S(=O)(=O)NCCCc2ccc(C)cc2C)cc1NC(C)=O. The van der Waals surface area contributed by atoms with Crippen LogP contribution in [0.2, 0.25) is 0 Å². The molecule has 146 valence electrons. The number of carbonyl (C=O) groups is 1. The van der Waals surface area contributed by atoms with Gasteiger partial charge in [-0.25, -0.2) is 13.1 Å². The first-order chi connectivity index (χ1) is 12.7. The summed E-state index contributed by atoms with van der Waals surface area (Å²) < 4.78 is 32.8. The van der Waals surface area contributed by atoms with Crippen LogP contribution in [0.25, 0.3) is 0 Å². The quantitative estimate of drug-likeness (QED) is 0.678. The van der Waals surface area contributed by atoms with Gasteiger partial charge in [0.05, 0.1) is 17.7 Å². The molecule has 1 amide bonds. The highest BCUT2D eigenvalue weighted by Crippen LogP contribution is 2.27. The van der Waals surface area contributed by atoms with Crippen LogP contribution in [-0.4, -0.2) is 28.0 Å². The van der Waals surface area contributed by atoms with Crippen molar-refractivity contribution in [3.8, 4) is 5.75 Å². The molecule has 2 aromatic rings. The minimum Gasteiger partial charge on any atom is -0.495 e. The summed E-state index contributed by atoms with van der Waals surface area (Å²) in [5.74, 6) is 0.100. The normalized spacial score (nSPS) is 11.3. The Hall–Kier alpha value is -2.38. The van der Waals surface area contributed by atoms with Crippen molar-refractivity contribution in [1.82, 2.24) is 4.72 Å². The predicted molar refractivity (Wildman–Crippen MR) is 107 cm³/mol. The van der Waals surface area contributed by atoms with Gasteiger partial charge in [-0.05, 0) is 56.0 Å². The number of methoxy groups -OCH3 is 1. The van der Waals surface area contributed by atoms with Crippen LogP contribution in [0.3, 0.4) is 0 Å². The molecule has 0 aliphatic rings. The summed E-state index contributed by atoms with van der Waals surface area (Å²) in [6.45, 7) is 5.80. The van der Waals surface area contributed by atoms with Crippen LogP contribution in [0, 0.1) is 13.8 Å². The fraction of sp³-hybridized carbons (Fsp3) is 0.350. The second-order valence-corrected chi connectivity index (χ2v) is 8.24. The maximum absolute atomic E-state index is 12.5. The van der Waals surface area contributed by atoms with E-state index in [2.05, 4.69) is 42.1 Å². The number of aryl methyl sites for hydroxylation is 3. The van der Waals surface area contributed by atoms with Gasteiger partial charge in [-0.1, -0.05) is 23.8 Å². The molecule has 2 N–H and O–H groups in total. The zero-order valence-corrected chi connectivity index (χ0v) is 16.9. The maximum Gasteiger partial charge on any atom is 0.240 e. The molecule has 0 aliphatic carbocycles. The first-order valence-corrected chi connectivity index (χ1v) is 10.2. The average molecular weight is 391 g/mol. The van der Waals surface area contributed by atoms with Crippen molar-refractivity contribution < 1.29 is 17.9 Å². The van der Waals surface area contributed by atoms with Gasteiger partial charge >= 0.3 is 0 Å². The van der Waals surface area contributed by atoms with Gasteiger partial charge in [0, 0.05) is 13.5 Å². The summed E-state index contributed by atoms with van der Waals surface area (Å²) in [5, 5.41) is 2.58. The molecule has 0 aliphatic heterocycles. The van der Waals surface area contributed by atoms with E-state index in [-0.39, 0.29) is 10.8 Å². The number of hydrogen-bond acceptors (Lipinski definition) is 4. The van der Waals surface area contributed by atoms with Gasteiger partial charge in [0.2, 0.25) is 15.9 Å². The van der Waals surface area contributed by atoms with Crippen molar-refractivity contribution in [2.75, 3.05) is 19.0 Å². The highest BCUT2D eigenvalue weighted by molar-refractivity contribution is 7.89. The summed E-state index contributed by atoms with van der Waals surface area (Å²) in [7, 11) is -2.21. The highest BCUT2D eigenvalue weighted by atomic mass is 32.2. The number of hydrogen-bond donors (Lipinski definition) is 2. The summed E-state index contributed by atoms with van der Waals surface area (Å²) in [6, 6.07) is 10.6. The average Bonchev–Trinajstić information content (AvgIpc) is 2.59. The Morgan fingerprint density at radius 3 is 2.48 bits per heavy atom. The summed E-state index contributed by atoms with van der Waals surface area (Å²) in [4.78, 5) is 11.4. The van der Waals surface area contributed by atoms with Crippen LogP contribution < -0.4 is 14.8 Å². The van der Waals surface area contributed by atoms with E-state index in [4.69, 9.17) is 4.74 Å². The van der Waals surface area contributed by atoms with Crippen LogP contribution in [-0.2, 0) is 21.2 Å². The molecule has 0 radical (unpaired) electrons. The molecule has 0 spiro atoms. The minimum absolute atomic E-state index is 0.0820. The first-order valence-electron chi connectivity index (χ1n) is 8.74. The third-order valence-electron chi connectivity index (χ3n) is 4.21. The molecule has 2 aromatic carbocycles. The molecule has 0 saturated carbocycles. The number of carbonyl (C=O) groups excluding carboxylic acids is 1. The summed E-state index contributed by atoms with van der Waals surface area (Å²) >= 11 is 0. The van der Waals surface area contributed by atoms with Crippen LogP contribution in [0.15, 0.2) is 41.3 Å².